The Kier molecular flexibility index (Phi) is 6.99. The minimum Gasteiger partial charge on any atom is -0.439 e. The van der Waals surface area contributed by atoms with Gasteiger partial charge in [-0.1, -0.05) is 60.2 Å². The third-order valence-corrected chi connectivity index (χ3v) is 5.70. The average Bonchev–Trinajstić information content (AvgIpc) is 3.28. The molecule has 4 rings (SSSR count). The highest BCUT2D eigenvalue weighted by Crippen LogP contribution is 2.20. The molecule has 6 nitrogen and oxygen atoms in total. The molecule has 0 atom stereocenters. The van der Waals surface area contributed by atoms with Crippen LogP contribution in [-0.2, 0) is 13.1 Å². The molecule has 1 aromatic heterocycles. The first kappa shape index (κ1) is 21.1. The molecule has 0 unspecified atom stereocenters. The third kappa shape index (κ3) is 5.95. The maximum Gasteiger partial charge on any atom is 0.214 e. The second-order valence-corrected chi connectivity index (χ2v) is 8.09. The number of oxazole rings is 1. The van der Waals surface area contributed by atoms with Gasteiger partial charge in [-0.25, -0.2) is 4.98 Å². The van der Waals surface area contributed by atoms with Crippen molar-refractivity contribution in [1.29, 1.82) is 0 Å². The van der Waals surface area contributed by atoms with E-state index in [0.717, 1.165) is 49.8 Å². The van der Waals surface area contributed by atoms with Crippen molar-refractivity contribution in [3.8, 4) is 11.3 Å². The topological polar surface area (TPSA) is 65.7 Å². The summed E-state index contributed by atoms with van der Waals surface area (Å²) in [7, 11) is 1.80. The van der Waals surface area contributed by atoms with E-state index in [1.54, 1.807) is 13.2 Å². The van der Waals surface area contributed by atoms with E-state index in [1.807, 2.05) is 0 Å². The number of nitrogens with zero attached hydrogens (tertiary/aromatic N) is 3. The first-order chi connectivity index (χ1) is 15.2. The second kappa shape index (κ2) is 10.3. The first-order valence-electron chi connectivity index (χ1n) is 10.9. The van der Waals surface area contributed by atoms with Crippen LogP contribution >= 0.6 is 0 Å². The van der Waals surface area contributed by atoms with Gasteiger partial charge < -0.3 is 15.1 Å². The molecule has 3 aromatic rings. The van der Waals surface area contributed by atoms with Gasteiger partial charge in [-0.05, 0) is 25.3 Å². The maximum atomic E-state index is 5.90. The molecular weight excluding hydrogens is 386 g/mol. The lowest BCUT2D eigenvalue weighted by Gasteiger charge is -2.33. The van der Waals surface area contributed by atoms with Crippen LogP contribution in [-0.4, -0.2) is 42.0 Å². The molecule has 1 aliphatic heterocycles. The minimum atomic E-state index is 0.422. The molecule has 1 fully saturated rings. The van der Waals surface area contributed by atoms with E-state index < -0.39 is 0 Å². The van der Waals surface area contributed by atoms with Crippen molar-refractivity contribution >= 4 is 5.96 Å². The van der Waals surface area contributed by atoms with Crippen LogP contribution in [0.5, 0.6) is 0 Å². The van der Waals surface area contributed by atoms with Crippen molar-refractivity contribution in [1.82, 2.24) is 20.5 Å². The zero-order valence-electron chi connectivity index (χ0n) is 18.3. The summed E-state index contributed by atoms with van der Waals surface area (Å²) in [5, 5.41) is 6.87. The number of likely N-dealkylation sites (tertiary alicyclic amines) is 1. The summed E-state index contributed by atoms with van der Waals surface area (Å²) in [6.07, 6.45) is 3.98. The van der Waals surface area contributed by atoms with Crippen molar-refractivity contribution in [2.75, 3.05) is 20.1 Å². The van der Waals surface area contributed by atoms with Crippen molar-refractivity contribution in [2.24, 2.45) is 4.99 Å². The van der Waals surface area contributed by atoms with E-state index >= 15 is 0 Å². The lowest BCUT2D eigenvalue weighted by molar-refractivity contribution is 0.198. The second-order valence-electron chi connectivity index (χ2n) is 8.09. The van der Waals surface area contributed by atoms with Gasteiger partial charge in [0.05, 0.1) is 12.7 Å². The molecule has 2 heterocycles. The van der Waals surface area contributed by atoms with E-state index in [0.29, 0.717) is 18.5 Å². The van der Waals surface area contributed by atoms with E-state index in [-0.39, 0.29) is 0 Å². The van der Waals surface area contributed by atoms with Crippen LogP contribution in [0, 0.1) is 6.92 Å². The minimum absolute atomic E-state index is 0.422. The van der Waals surface area contributed by atoms with E-state index in [1.165, 1.54) is 11.1 Å². The van der Waals surface area contributed by atoms with Gasteiger partial charge in [0.2, 0.25) is 5.89 Å². The van der Waals surface area contributed by atoms with Crippen LogP contribution in [0.15, 0.2) is 70.2 Å². The number of rotatable bonds is 6. The molecular formula is C25H31N5O. The SMILES string of the molecule is CN=C(NCc1ncc(-c2ccc(C)cc2)o1)NC1CCN(Cc2ccccc2)CC1. The summed E-state index contributed by atoms with van der Waals surface area (Å²) < 4.78 is 5.90. The number of benzene rings is 2. The van der Waals surface area contributed by atoms with E-state index in [2.05, 4.69) is 87.0 Å². The highest BCUT2D eigenvalue weighted by atomic mass is 16.4. The number of hydrogen-bond donors (Lipinski definition) is 2. The summed E-state index contributed by atoms with van der Waals surface area (Å²) in [5.74, 6) is 2.22. The first-order valence-corrected chi connectivity index (χ1v) is 10.9. The molecule has 0 radical (unpaired) electrons. The van der Waals surface area contributed by atoms with Gasteiger partial charge in [0.25, 0.3) is 0 Å². The molecule has 1 aliphatic rings. The van der Waals surface area contributed by atoms with Crippen LogP contribution < -0.4 is 10.6 Å². The fourth-order valence-electron chi connectivity index (χ4n) is 3.87. The monoisotopic (exact) mass is 417 g/mol. The number of aromatic nitrogens is 1. The Bertz CT molecular complexity index is 973. The lowest BCUT2D eigenvalue weighted by atomic mass is 10.0. The molecule has 31 heavy (non-hydrogen) atoms. The van der Waals surface area contributed by atoms with Crippen LogP contribution in [0.2, 0.25) is 0 Å². The van der Waals surface area contributed by atoms with Gasteiger partial charge in [-0.15, -0.1) is 0 Å². The molecule has 0 aliphatic carbocycles. The van der Waals surface area contributed by atoms with Crippen LogP contribution in [0.4, 0.5) is 0 Å². The molecule has 0 saturated carbocycles. The Morgan fingerprint density at radius 1 is 1.10 bits per heavy atom. The number of nitrogens with one attached hydrogen (secondary N) is 2. The van der Waals surface area contributed by atoms with Crippen LogP contribution in [0.25, 0.3) is 11.3 Å². The summed E-state index contributed by atoms with van der Waals surface area (Å²) in [5.41, 5.74) is 3.64. The summed E-state index contributed by atoms with van der Waals surface area (Å²) in [4.78, 5) is 11.3. The predicted molar refractivity (Wildman–Crippen MR) is 125 cm³/mol. The number of hydrogen-bond acceptors (Lipinski definition) is 4. The Morgan fingerprint density at radius 3 is 2.55 bits per heavy atom. The van der Waals surface area contributed by atoms with Gasteiger partial charge in [0, 0.05) is 38.3 Å². The van der Waals surface area contributed by atoms with E-state index in [4.69, 9.17) is 4.42 Å². The van der Waals surface area contributed by atoms with E-state index in [9.17, 15) is 0 Å². The highest BCUT2D eigenvalue weighted by Gasteiger charge is 2.20. The average molecular weight is 418 g/mol. The Morgan fingerprint density at radius 2 is 1.84 bits per heavy atom. The molecule has 2 N–H and O–H groups in total. The molecule has 0 bridgehead atoms. The van der Waals surface area contributed by atoms with Crippen LogP contribution in [0.3, 0.4) is 0 Å². The predicted octanol–water partition coefficient (Wildman–Crippen LogP) is 3.98. The van der Waals surface area contributed by atoms with Gasteiger partial charge in [-0.3, -0.25) is 9.89 Å². The summed E-state index contributed by atoms with van der Waals surface area (Å²) in [6, 6.07) is 19.4. The van der Waals surface area contributed by atoms with Crippen molar-refractivity contribution in [3.05, 3.63) is 77.8 Å². The Hall–Kier alpha value is -3.12. The quantitative estimate of drug-likeness (QED) is 0.469. The number of piperidine rings is 1. The van der Waals surface area contributed by atoms with Crippen molar-refractivity contribution < 1.29 is 4.42 Å². The largest absolute Gasteiger partial charge is 0.439 e. The molecule has 6 heteroatoms. The zero-order chi connectivity index (χ0) is 21.5. The van der Waals surface area contributed by atoms with Crippen LogP contribution in [0.1, 0.15) is 29.9 Å². The van der Waals surface area contributed by atoms with Gasteiger partial charge in [0.1, 0.15) is 0 Å². The Labute approximate surface area is 184 Å². The molecule has 162 valence electrons. The molecule has 0 spiro atoms. The number of aryl methyl sites for hydroxylation is 1. The molecule has 0 amide bonds. The lowest BCUT2D eigenvalue weighted by Crippen LogP contribution is -2.48. The Balaban J connectivity index is 1.23. The molecule has 1 saturated heterocycles. The standard InChI is InChI=1S/C25H31N5O/c1-19-8-10-21(11-9-19)23-16-27-24(31-23)17-28-25(26-2)29-22-12-14-30(15-13-22)18-20-6-4-3-5-7-20/h3-11,16,22H,12-15,17-18H2,1-2H3,(H2,26,28,29). The normalized spacial score (nSPS) is 15.7. The van der Waals surface area contributed by atoms with Gasteiger partial charge in [-0.2, -0.15) is 0 Å². The summed E-state index contributed by atoms with van der Waals surface area (Å²) in [6.45, 7) is 5.77. The van der Waals surface area contributed by atoms with Gasteiger partial charge in [0.15, 0.2) is 11.7 Å². The molecule has 2 aromatic carbocycles. The fourth-order valence-corrected chi connectivity index (χ4v) is 3.87. The number of aliphatic imine (C=N–C) groups is 1. The zero-order valence-corrected chi connectivity index (χ0v) is 18.3. The fraction of sp³-hybridized carbons (Fsp3) is 0.360. The maximum absolute atomic E-state index is 5.90. The number of guanidine groups is 1. The third-order valence-electron chi connectivity index (χ3n) is 5.70. The smallest absolute Gasteiger partial charge is 0.214 e. The summed E-state index contributed by atoms with van der Waals surface area (Å²) >= 11 is 0. The van der Waals surface area contributed by atoms with Crippen molar-refractivity contribution in [2.45, 2.75) is 38.9 Å². The van der Waals surface area contributed by atoms with Crippen molar-refractivity contribution in [3.63, 3.8) is 0 Å². The van der Waals surface area contributed by atoms with Gasteiger partial charge >= 0.3 is 0 Å². The highest BCUT2D eigenvalue weighted by molar-refractivity contribution is 5.79.